The van der Waals surface area contributed by atoms with Crippen molar-refractivity contribution in [2.45, 2.75) is 91.5 Å². The number of hydrogen-bond acceptors (Lipinski definition) is 6. The van der Waals surface area contributed by atoms with Crippen molar-refractivity contribution in [2.24, 2.45) is 5.92 Å². The van der Waals surface area contributed by atoms with Crippen molar-refractivity contribution >= 4 is 23.9 Å². The minimum Gasteiger partial charge on any atom is -0.468 e. The van der Waals surface area contributed by atoms with Gasteiger partial charge in [-0.2, -0.15) is 0 Å². The van der Waals surface area contributed by atoms with E-state index in [1.807, 2.05) is 45.9 Å². The van der Waals surface area contributed by atoms with Gasteiger partial charge in [-0.1, -0.05) is 43.2 Å². The molecule has 0 aliphatic heterocycles. The van der Waals surface area contributed by atoms with Crippen molar-refractivity contribution in [3.05, 3.63) is 34.9 Å². The third-order valence-electron chi connectivity index (χ3n) is 5.61. The molecular weight excluding hydrogens is 462 g/mol. The first-order chi connectivity index (χ1) is 16.7. The van der Waals surface area contributed by atoms with E-state index in [0.717, 1.165) is 24.0 Å². The summed E-state index contributed by atoms with van der Waals surface area (Å²) in [4.78, 5) is 53.4. The van der Waals surface area contributed by atoms with Crippen LogP contribution in [0.5, 0.6) is 0 Å². The fraction of sp³-hybridized carbons (Fsp3) is 0.630. The van der Waals surface area contributed by atoms with E-state index >= 15 is 0 Å². The lowest BCUT2D eigenvalue weighted by Crippen LogP contribution is -2.54. The van der Waals surface area contributed by atoms with E-state index < -0.39 is 35.7 Å². The average Bonchev–Trinajstić information content (AvgIpc) is 3.57. The van der Waals surface area contributed by atoms with Crippen LogP contribution in [0.4, 0.5) is 4.79 Å². The second kappa shape index (κ2) is 12.2. The molecule has 2 N–H and O–H groups in total. The van der Waals surface area contributed by atoms with E-state index in [0.29, 0.717) is 12.0 Å². The molecule has 200 valence electrons. The van der Waals surface area contributed by atoms with Crippen LogP contribution in [0.1, 0.15) is 76.6 Å². The summed E-state index contributed by atoms with van der Waals surface area (Å²) in [7, 11) is 1.24. The third kappa shape index (κ3) is 8.84. The number of methoxy groups -OCH3 is 1. The van der Waals surface area contributed by atoms with Crippen LogP contribution in [0, 0.1) is 19.8 Å². The van der Waals surface area contributed by atoms with Crippen molar-refractivity contribution in [3.63, 3.8) is 0 Å². The average molecular weight is 504 g/mol. The summed E-state index contributed by atoms with van der Waals surface area (Å²) in [6.07, 6.45) is 1.19. The van der Waals surface area contributed by atoms with Gasteiger partial charge in [0.2, 0.25) is 11.8 Å². The number of aryl methyl sites for hydroxylation is 2. The summed E-state index contributed by atoms with van der Waals surface area (Å²) in [5.41, 5.74) is 1.82. The van der Waals surface area contributed by atoms with E-state index in [9.17, 15) is 19.2 Å². The highest BCUT2D eigenvalue weighted by atomic mass is 16.6. The first kappa shape index (κ1) is 29.1. The maximum Gasteiger partial charge on any atom is 0.408 e. The van der Waals surface area contributed by atoms with E-state index in [4.69, 9.17) is 4.74 Å². The molecule has 0 aromatic heterocycles. The van der Waals surface area contributed by atoms with Gasteiger partial charge in [0.15, 0.2) is 0 Å². The predicted molar refractivity (Wildman–Crippen MR) is 136 cm³/mol. The summed E-state index contributed by atoms with van der Waals surface area (Å²) in [5.74, 6) is -1.32. The zero-order valence-electron chi connectivity index (χ0n) is 22.8. The molecule has 1 aromatic carbocycles. The van der Waals surface area contributed by atoms with Gasteiger partial charge in [0.25, 0.3) is 0 Å². The molecule has 36 heavy (non-hydrogen) atoms. The first-order valence-electron chi connectivity index (χ1n) is 12.5. The fourth-order valence-corrected chi connectivity index (χ4v) is 4.13. The first-order valence-corrected chi connectivity index (χ1v) is 12.5. The Morgan fingerprint density at radius 2 is 1.64 bits per heavy atom. The van der Waals surface area contributed by atoms with Crippen molar-refractivity contribution in [1.82, 2.24) is 15.5 Å². The second-order valence-corrected chi connectivity index (χ2v) is 10.9. The van der Waals surface area contributed by atoms with Gasteiger partial charge in [0.1, 0.15) is 24.2 Å². The standard InChI is InChI=1S/C27H41N3O6/c1-16(2)11-21(29-26(34)36-27(5,6)7)25(33)30(20-9-10-20)23(24(32)28-15-22(31)35-8)19-13-17(3)12-18(4)14-19/h12-14,16,20-21,23H,9-11,15H2,1-8H3,(H,28,32)(H,29,34). The van der Waals surface area contributed by atoms with Gasteiger partial charge in [-0.15, -0.1) is 0 Å². The number of nitrogens with one attached hydrogen (secondary N) is 2. The lowest BCUT2D eigenvalue weighted by atomic mass is 9.96. The van der Waals surface area contributed by atoms with Crippen LogP contribution in [0.2, 0.25) is 0 Å². The number of ether oxygens (including phenoxy) is 2. The molecule has 3 amide bonds. The number of rotatable bonds is 10. The highest BCUT2D eigenvalue weighted by Crippen LogP contribution is 2.36. The highest BCUT2D eigenvalue weighted by molar-refractivity contribution is 5.93. The molecule has 2 rings (SSSR count). The van der Waals surface area contributed by atoms with Gasteiger partial charge in [-0.05, 0) is 65.4 Å². The number of esters is 1. The zero-order valence-corrected chi connectivity index (χ0v) is 22.8. The Balaban J connectivity index is 2.47. The predicted octanol–water partition coefficient (Wildman–Crippen LogP) is 3.56. The highest BCUT2D eigenvalue weighted by Gasteiger charge is 2.44. The molecule has 9 heteroatoms. The number of carbonyl (C=O) groups excluding carboxylic acids is 4. The third-order valence-corrected chi connectivity index (χ3v) is 5.61. The molecule has 1 fully saturated rings. The van der Waals surface area contributed by atoms with Crippen LogP contribution in [0.15, 0.2) is 18.2 Å². The molecule has 1 aliphatic rings. The lowest BCUT2D eigenvalue weighted by molar-refractivity contribution is -0.145. The fourth-order valence-electron chi connectivity index (χ4n) is 4.13. The molecule has 0 saturated heterocycles. The van der Waals surface area contributed by atoms with Gasteiger partial charge in [-0.25, -0.2) is 4.79 Å². The Kier molecular flexibility index (Phi) is 9.90. The Hall–Kier alpha value is -3.10. The van der Waals surface area contributed by atoms with Crippen LogP contribution in [0.25, 0.3) is 0 Å². The molecule has 0 bridgehead atoms. The summed E-state index contributed by atoms with van der Waals surface area (Å²) < 4.78 is 10.1. The molecule has 0 spiro atoms. The van der Waals surface area contributed by atoms with Crippen molar-refractivity contribution < 1.29 is 28.7 Å². The number of benzene rings is 1. The van der Waals surface area contributed by atoms with Gasteiger partial charge < -0.3 is 25.0 Å². The Labute approximate surface area is 214 Å². The second-order valence-electron chi connectivity index (χ2n) is 10.9. The SMILES string of the molecule is COC(=O)CNC(=O)C(c1cc(C)cc(C)c1)N(C(=O)C(CC(C)C)NC(=O)OC(C)(C)C)C1CC1. The van der Waals surface area contributed by atoms with Gasteiger partial charge in [0.05, 0.1) is 7.11 Å². The Bertz CT molecular complexity index is 944. The largest absolute Gasteiger partial charge is 0.468 e. The number of nitrogens with zero attached hydrogens (tertiary/aromatic N) is 1. The molecular formula is C27H41N3O6. The van der Waals surface area contributed by atoms with E-state index in [-0.39, 0.29) is 24.4 Å². The van der Waals surface area contributed by atoms with Crippen LogP contribution in [-0.4, -0.2) is 60.1 Å². The van der Waals surface area contributed by atoms with Crippen molar-refractivity contribution in [2.75, 3.05) is 13.7 Å². The molecule has 2 unspecified atom stereocenters. The minimum absolute atomic E-state index is 0.0998. The summed E-state index contributed by atoms with van der Waals surface area (Å²) in [5, 5.41) is 5.36. The molecule has 9 nitrogen and oxygen atoms in total. The quantitative estimate of drug-likeness (QED) is 0.472. The topological polar surface area (TPSA) is 114 Å². The van der Waals surface area contributed by atoms with Crippen LogP contribution in [-0.2, 0) is 23.9 Å². The van der Waals surface area contributed by atoms with E-state index in [1.165, 1.54) is 7.11 Å². The van der Waals surface area contributed by atoms with E-state index in [1.54, 1.807) is 25.7 Å². The summed E-state index contributed by atoms with van der Waals surface area (Å²) in [6.45, 7) is 12.7. The number of hydrogen-bond donors (Lipinski definition) is 2. The lowest BCUT2D eigenvalue weighted by Gasteiger charge is -2.35. The maximum absolute atomic E-state index is 14.0. The van der Waals surface area contributed by atoms with Crippen LogP contribution < -0.4 is 10.6 Å². The van der Waals surface area contributed by atoms with E-state index in [2.05, 4.69) is 15.4 Å². The normalized spacial score (nSPS) is 15.0. The van der Waals surface area contributed by atoms with Gasteiger partial charge >= 0.3 is 12.1 Å². The van der Waals surface area contributed by atoms with Crippen LogP contribution >= 0.6 is 0 Å². The van der Waals surface area contributed by atoms with Crippen molar-refractivity contribution in [1.29, 1.82) is 0 Å². The van der Waals surface area contributed by atoms with Gasteiger partial charge in [-0.3, -0.25) is 14.4 Å². The monoisotopic (exact) mass is 503 g/mol. The Morgan fingerprint density at radius 3 is 2.11 bits per heavy atom. The number of alkyl carbamates (subject to hydrolysis) is 1. The molecule has 2 atom stereocenters. The molecule has 0 radical (unpaired) electrons. The molecule has 0 heterocycles. The molecule has 1 aromatic rings. The molecule has 1 saturated carbocycles. The maximum atomic E-state index is 14.0. The summed E-state index contributed by atoms with van der Waals surface area (Å²) >= 11 is 0. The van der Waals surface area contributed by atoms with Gasteiger partial charge in [0, 0.05) is 6.04 Å². The zero-order chi connectivity index (χ0) is 27.2. The smallest absolute Gasteiger partial charge is 0.408 e. The Morgan fingerprint density at radius 1 is 1.06 bits per heavy atom. The van der Waals surface area contributed by atoms with Crippen LogP contribution in [0.3, 0.4) is 0 Å². The number of amides is 3. The van der Waals surface area contributed by atoms with Crippen molar-refractivity contribution in [3.8, 4) is 0 Å². The molecule has 1 aliphatic carbocycles. The minimum atomic E-state index is -0.969. The number of carbonyl (C=O) groups is 4. The summed E-state index contributed by atoms with van der Waals surface area (Å²) in [6, 6.07) is 3.74.